The summed E-state index contributed by atoms with van der Waals surface area (Å²) in [6, 6.07) is 13.7. The van der Waals surface area contributed by atoms with Gasteiger partial charge in [-0.15, -0.1) is 0 Å². The Bertz CT molecular complexity index is 868. The lowest BCUT2D eigenvalue weighted by Crippen LogP contribution is -2.32. The fraction of sp³-hybridized carbons (Fsp3) is 0.348. The third-order valence-corrected chi connectivity index (χ3v) is 5.91. The highest BCUT2D eigenvalue weighted by Crippen LogP contribution is 2.50. The molecule has 2 aromatic carbocycles. The molecule has 2 aliphatic rings. The maximum atomic E-state index is 12.8. The van der Waals surface area contributed by atoms with Gasteiger partial charge in [-0.3, -0.25) is 4.79 Å². The molecule has 1 aliphatic carbocycles. The number of benzene rings is 2. The van der Waals surface area contributed by atoms with Gasteiger partial charge < -0.3 is 15.3 Å². The smallest absolute Gasteiger partial charge is 0.253 e. The minimum absolute atomic E-state index is 0.0991. The monoisotopic (exact) mass is 362 g/mol. The molecule has 2 N–H and O–H groups in total. The first-order chi connectivity index (χ1) is 13.1. The molecule has 0 saturated heterocycles. The van der Waals surface area contributed by atoms with E-state index >= 15 is 0 Å². The minimum Gasteiger partial charge on any atom is -0.508 e. The maximum absolute atomic E-state index is 12.8. The van der Waals surface area contributed by atoms with Gasteiger partial charge in [0.05, 0.1) is 6.04 Å². The van der Waals surface area contributed by atoms with Crippen molar-refractivity contribution in [3.8, 4) is 5.75 Å². The minimum atomic E-state index is 0.0991. The lowest BCUT2D eigenvalue weighted by atomic mass is 9.76. The summed E-state index contributed by atoms with van der Waals surface area (Å²) in [6.45, 7) is 5.47. The van der Waals surface area contributed by atoms with Crippen molar-refractivity contribution in [3.63, 3.8) is 0 Å². The molecule has 0 bridgehead atoms. The Balaban J connectivity index is 1.69. The molecule has 1 heterocycles. The lowest BCUT2D eigenvalue weighted by molar-refractivity contribution is 0.0773. The topological polar surface area (TPSA) is 52.6 Å². The summed E-state index contributed by atoms with van der Waals surface area (Å²) in [5, 5.41) is 13.3. The summed E-state index contributed by atoms with van der Waals surface area (Å²) in [4.78, 5) is 14.6. The van der Waals surface area contributed by atoms with Crippen molar-refractivity contribution in [3.05, 3.63) is 71.3 Å². The van der Waals surface area contributed by atoms with Crippen molar-refractivity contribution in [2.45, 2.75) is 32.2 Å². The molecule has 0 radical (unpaired) electrons. The summed E-state index contributed by atoms with van der Waals surface area (Å²) < 4.78 is 0. The molecule has 140 valence electrons. The number of carbonyl (C=O) groups is 1. The van der Waals surface area contributed by atoms with Crippen LogP contribution in [0.25, 0.3) is 0 Å². The average molecular weight is 362 g/mol. The van der Waals surface area contributed by atoms with Crippen molar-refractivity contribution in [1.29, 1.82) is 0 Å². The van der Waals surface area contributed by atoms with Crippen molar-refractivity contribution in [2.24, 2.45) is 5.92 Å². The molecule has 2 aromatic rings. The van der Waals surface area contributed by atoms with Crippen LogP contribution in [0.5, 0.6) is 5.75 Å². The van der Waals surface area contributed by atoms with Crippen LogP contribution in [0, 0.1) is 5.92 Å². The normalized spacial score (nSPS) is 22.7. The second-order valence-corrected chi connectivity index (χ2v) is 7.35. The molecule has 4 heteroatoms. The number of anilines is 1. The Labute approximate surface area is 160 Å². The summed E-state index contributed by atoms with van der Waals surface area (Å²) >= 11 is 0. The molecule has 1 amide bonds. The van der Waals surface area contributed by atoms with Crippen LogP contribution in [0.1, 0.15) is 53.7 Å². The predicted octanol–water partition coefficient (Wildman–Crippen LogP) is 4.70. The number of amides is 1. The van der Waals surface area contributed by atoms with Crippen LogP contribution in [0.3, 0.4) is 0 Å². The van der Waals surface area contributed by atoms with Gasteiger partial charge in [0.2, 0.25) is 0 Å². The van der Waals surface area contributed by atoms with Crippen LogP contribution < -0.4 is 5.32 Å². The van der Waals surface area contributed by atoms with Crippen LogP contribution in [0.15, 0.2) is 54.6 Å². The standard InChI is InChI=1S/C23H26N2O2/c1-3-25(4-2)23(27)16-10-13-21-20(14-16)18-6-5-7-19(18)22(24-21)15-8-11-17(26)12-9-15/h5-6,8-14,18-19,22,24,26H,3-4,7H2,1-2H3. The number of aromatic hydroxyl groups is 1. The van der Waals surface area contributed by atoms with E-state index < -0.39 is 0 Å². The van der Waals surface area contributed by atoms with Gasteiger partial charge in [-0.25, -0.2) is 0 Å². The zero-order valence-corrected chi connectivity index (χ0v) is 15.9. The van der Waals surface area contributed by atoms with Crippen molar-refractivity contribution in [1.82, 2.24) is 4.90 Å². The number of phenols is 1. The van der Waals surface area contributed by atoms with E-state index in [1.54, 1.807) is 12.1 Å². The van der Waals surface area contributed by atoms with E-state index in [1.807, 2.05) is 43.0 Å². The maximum Gasteiger partial charge on any atom is 0.253 e. The largest absolute Gasteiger partial charge is 0.508 e. The highest BCUT2D eigenvalue weighted by molar-refractivity contribution is 5.95. The molecular weight excluding hydrogens is 336 g/mol. The zero-order valence-electron chi connectivity index (χ0n) is 15.9. The summed E-state index contributed by atoms with van der Waals surface area (Å²) in [5.41, 5.74) is 4.25. The van der Waals surface area contributed by atoms with Crippen LogP contribution in [-0.4, -0.2) is 29.0 Å². The SMILES string of the molecule is CCN(CC)C(=O)c1ccc2c(c1)C1C=CCC1C(c1ccc(O)cc1)N2. The third-order valence-electron chi connectivity index (χ3n) is 5.91. The lowest BCUT2D eigenvalue weighted by Gasteiger charge is -2.38. The first-order valence-corrected chi connectivity index (χ1v) is 9.77. The Kier molecular flexibility index (Phi) is 4.65. The molecule has 4 rings (SSSR count). The van der Waals surface area contributed by atoms with Crippen molar-refractivity contribution >= 4 is 11.6 Å². The fourth-order valence-corrected chi connectivity index (χ4v) is 4.43. The number of nitrogens with one attached hydrogen (secondary N) is 1. The Hall–Kier alpha value is -2.75. The molecule has 0 saturated carbocycles. The van der Waals surface area contributed by atoms with Crippen LogP contribution >= 0.6 is 0 Å². The molecule has 0 fully saturated rings. The number of hydrogen-bond acceptors (Lipinski definition) is 3. The predicted molar refractivity (Wildman–Crippen MR) is 108 cm³/mol. The Morgan fingerprint density at radius 2 is 1.89 bits per heavy atom. The third kappa shape index (κ3) is 3.09. The summed E-state index contributed by atoms with van der Waals surface area (Å²) in [5.74, 6) is 1.11. The first kappa shape index (κ1) is 17.7. The molecule has 3 unspecified atom stereocenters. The molecule has 0 spiro atoms. The fourth-order valence-electron chi connectivity index (χ4n) is 4.43. The van der Waals surface area contributed by atoms with Crippen LogP contribution in [0.4, 0.5) is 5.69 Å². The van der Waals surface area contributed by atoms with Gasteiger partial charge in [0, 0.05) is 30.3 Å². The Morgan fingerprint density at radius 3 is 2.59 bits per heavy atom. The van der Waals surface area contributed by atoms with E-state index in [1.165, 1.54) is 11.1 Å². The summed E-state index contributed by atoms with van der Waals surface area (Å²) in [6.07, 6.45) is 5.54. The quantitative estimate of drug-likeness (QED) is 0.775. The van der Waals surface area contributed by atoms with E-state index in [9.17, 15) is 9.90 Å². The molecule has 0 aromatic heterocycles. The molecule has 1 aliphatic heterocycles. The zero-order chi connectivity index (χ0) is 19.0. The van der Waals surface area contributed by atoms with Gasteiger partial charge >= 0.3 is 0 Å². The van der Waals surface area contributed by atoms with Crippen molar-refractivity contribution in [2.75, 3.05) is 18.4 Å². The molecule has 4 nitrogen and oxygen atoms in total. The van der Waals surface area contributed by atoms with E-state index in [4.69, 9.17) is 0 Å². The average Bonchev–Trinajstić information content (AvgIpc) is 3.19. The molecular formula is C23H26N2O2. The number of phenolic OH excluding ortho intramolecular Hbond substituents is 1. The number of allylic oxidation sites excluding steroid dienone is 2. The molecule has 3 atom stereocenters. The van der Waals surface area contributed by atoms with Gasteiger partial charge in [-0.05, 0) is 67.6 Å². The van der Waals surface area contributed by atoms with Gasteiger partial charge in [0.1, 0.15) is 5.75 Å². The van der Waals surface area contributed by atoms with E-state index in [-0.39, 0.29) is 17.7 Å². The number of hydrogen-bond donors (Lipinski definition) is 2. The van der Waals surface area contributed by atoms with Gasteiger partial charge in [0.25, 0.3) is 5.91 Å². The van der Waals surface area contributed by atoms with E-state index in [0.717, 1.165) is 30.8 Å². The van der Waals surface area contributed by atoms with Gasteiger partial charge in [-0.2, -0.15) is 0 Å². The number of fused-ring (bicyclic) bond motifs is 3. The second-order valence-electron chi connectivity index (χ2n) is 7.35. The van der Waals surface area contributed by atoms with E-state index in [0.29, 0.717) is 11.8 Å². The molecule has 27 heavy (non-hydrogen) atoms. The van der Waals surface area contributed by atoms with Gasteiger partial charge in [0.15, 0.2) is 0 Å². The highest BCUT2D eigenvalue weighted by atomic mass is 16.3. The highest BCUT2D eigenvalue weighted by Gasteiger charge is 2.38. The van der Waals surface area contributed by atoms with E-state index in [2.05, 4.69) is 23.5 Å². The van der Waals surface area contributed by atoms with Crippen LogP contribution in [-0.2, 0) is 0 Å². The summed E-state index contributed by atoms with van der Waals surface area (Å²) in [7, 11) is 0. The number of carbonyl (C=O) groups excluding carboxylic acids is 1. The number of rotatable bonds is 4. The Morgan fingerprint density at radius 1 is 1.15 bits per heavy atom. The van der Waals surface area contributed by atoms with Crippen LogP contribution in [0.2, 0.25) is 0 Å². The first-order valence-electron chi connectivity index (χ1n) is 9.77. The van der Waals surface area contributed by atoms with Gasteiger partial charge in [-0.1, -0.05) is 24.3 Å². The van der Waals surface area contributed by atoms with Crippen molar-refractivity contribution < 1.29 is 9.90 Å². The number of nitrogens with zero attached hydrogens (tertiary/aromatic N) is 1. The second kappa shape index (κ2) is 7.10.